The van der Waals surface area contributed by atoms with Crippen LogP contribution in [0.3, 0.4) is 0 Å². The maximum absolute atomic E-state index is 13.0. The number of halogens is 1. The molecular formula is C18H15FN2OS. The monoisotopic (exact) mass is 326 g/mol. The van der Waals surface area contributed by atoms with Crippen molar-refractivity contribution in [3.63, 3.8) is 0 Å². The maximum atomic E-state index is 13.0. The summed E-state index contributed by atoms with van der Waals surface area (Å²) in [6, 6.07) is 13.8. The Kier molecular flexibility index (Phi) is 4.78. The Morgan fingerprint density at radius 2 is 1.96 bits per heavy atom. The number of hydrogen-bond donors (Lipinski definition) is 1. The first-order chi connectivity index (χ1) is 11.2. The van der Waals surface area contributed by atoms with Gasteiger partial charge >= 0.3 is 0 Å². The van der Waals surface area contributed by atoms with E-state index in [2.05, 4.69) is 10.3 Å². The van der Waals surface area contributed by atoms with E-state index in [-0.39, 0.29) is 11.7 Å². The first-order valence-electron chi connectivity index (χ1n) is 7.25. The Morgan fingerprint density at radius 3 is 2.70 bits per heavy atom. The first kappa shape index (κ1) is 15.4. The van der Waals surface area contributed by atoms with E-state index >= 15 is 0 Å². The van der Waals surface area contributed by atoms with Gasteiger partial charge in [0.1, 0.15) is 5.82 Å². The molecule has 0 bridgehead atoms. The minimum atomic E-state index is -0.265. The van der Waals surface area contributed by atoms with E-state index < -0.39 is 0 Å². The van der Waals surface area contributed by atoms with Crippen LogP contribution in [0.5, 0.6) is 0 Å². The molecule has 0 unspecified atom stereocenters. The summed E-state index contributed by atoms with van der Waals surface area (Å²) >= 11 is 1.40. The lowest BCUT2D eigenvalue weighted by Gasteiger charge is -2.03. The number of thiophene rings is 1. The average molecular weight is 326 g/mol. The third-order valence-corrected chi connectivity index (χ3v) is 4.51. The zero-order chi connectivity index (χ0) is 16.1. The molecule has 2 heterocycles. The molecule has 23 heavy (non-hydrogen) atoms. The number of pyridine rings is 1. The van der Waals surface area contributed by atoms with Gasteiger partial charge in [0.05, 0.1) is 4.88 Å². The highest BCUT2D eigenvalue weighted by Gasteiger charge is 2.10. The first-order valence-corrected chi connectivity index (χ1v) is 8.07. The van der Waals surface area contributed by atoms with Crippen LogP contribution in [-0.2, 0) is 6.42 Å². The normalized spacial score (nSPS) is 10.5. The standard InChI is InChI=1S/C18H15FN2OS/c19-15-5-3-14(4-6-15)16-7-8-17(23-16)18(22)21-11-9-13-2-1-10-20-12-13/h1-8,10,12H,9,11H2,(H,21,22). The minimum Gasteiger partial charge on any atom is -0.351 e. The summed E-state index contributed by atoms with van der Waals surface area (Å²) < 4.78 is 13.0. The van der Waals surface area contributed by atoms with Crippen molar-refractivity contribution in [2.45, 2.75) is 6.42 Å². The molecule has 1 N–H and O–H groups in total. The molecule has 2 aromatic heterocycles. The fraction of sp³-hybridized carbons (Fsp3) is 0.111. The van der Waals surface area contributed by atoms with Gasteiger partial charge in [0, 0.05) is 23.8 Å². The van der Waals surface area contributed by atoms with Crippen LogP contribution in [0, 0.1) is 5.82 Å². The molecule has 0 fully saturated rings. The third kappa shape index (κ3) is 4.02. The zero-order valence-electron chi connectivity index (χ0n) is 12.3. The van der Waals surface area contributed by atoms with E-state index in [1.807, 2.05) is 18.2 Å². The van der Waals surface area contributed by atoms with Crippen LogP contribution in [0.1, 0.15) is 15.2 Å². The molecule has 0 radical (unpaired) electrons. The molecule has 0 atom stereocenters. The van der Waals surface area contributed by atoms with Crippen molar-refractivity contribution in [2.75, 3.05) is 6.54 Å². The molecule has 3 aromatic rings. The molecule has 3 rings (SSSR count). The number of nitrogens with one attached hydrogen (secondary N) is 1. The number of aromatic nitrogens is 1. The van der Waals surface area contributed by atoms with E-state index in [1.54, 1.807) is 30.6 Å². The largest absolute Gasteiger partial charge is 0.351 e. The molecule has 0 aliphatic rings. The van der Waals surface area contributed by atoms with Gasteiger partial charge < -0.3 is 5.32 Å². The summed E-state index contributed by atoms with van der Waals surface area (Å²) in [5, 5.41) is 2.91. The van der Waals surface area contributed by atoms with Crippen LogP contribution < -0.4 is 5.32 Å². The van der Waals surface area contributed by atoms with Gasteiger partial charge in [-0.25, -0.2) is 4.39 Å². The molecule has 0 saturated carbocycles. The van der Waals surface area contributed by atoms with E-state index in [0.717, 1.165) is 22.4 Å². The minimum absolute atomic E-state index is 0.0905. The molecule has 5 heteroatoms. The predicted molar refractivity (Wildman–Crippen MR) is 90.0 cm³/mol. The van der Waals surface area contributed by atoms with Crippen molar-refractivity contribution < 1.29 is 9.18 Å². The van der Waals surface area contributed by atoms with Gasteiger partial charge in [-0.05, 0) is 47.9 Å². The topological polar surface area (TPSA) is 42.0 Å². The third-order valence-electron chi connectivity index (χ3n) is 3.38. The van der Waals surface area contributed by atoms with Crippen molar-refractivity contribution in [1.29, 1.82) is 0 Å². The average Bonchev–Trinajstić information content (AvgIpc) is 3.06. The molecular weight excluding hydrogens is 311 g/mol. The Hall–Kier alpha value is -2.53. The number of nitrogens with zero attached hydrogens (tertiary/aromatic N) is 1. The number of benzene rings is 1. The molecule has 1 amide bonds. The molecule has 0 saturated heterocycles. The van der Waals surface area contributed by atoms with Crippen molar-refractivity contribution in [2.24, 2.45) is 0 Å². The van der Waals surface area contributed by atoms with E-state index in [0.29, 0.717) is 11.4 Å². The maximum Gasteiger partial charge on any atom is 0.261 e. The lowest BCUT2D eigenvalue weighted by Crippen LogP contribution is -2.24. The highest BCUT2D eigenvalue weighted by Crippen LogP contribution is 2.28. The van der Waals surface area contributed by atoms with Crippen LogP contribution in [-0.4, -0.2) is 17.4 Å². The number of carbonyl (C=O) groups is 1. The van der Waals surface area contributed by atoms with E-state index in [4.69, 9.17) is 0 Å². The summed E-state index contributed by atoms with van der Waals surface area (Å²) in [7, 11) is 0. The predicted octanol–water partition coefficient (Wildman–Crippen LogP) is 3.92. The van der Waals surface area contributed by atoms with Gasteiger partial charge in [-0.1, -0.05) is 18.2 Å². The fourth-order valence-electron chi connectivity index (χ4n) is 2.18. The zero-order valence-corrected chi connectivity index (χ0v) is 13.1. The smallest absolute Gasteiger partial charge is 0.261 e. The van der Waals surface area contributed by atoms with E-state index in [9.17, 15) is 9.18 Å². The van der Waals surface area contributed by atoms with Crippen LogP contribution >= 0.6 is 11.3 Å². The fourth-order valence-corrected chi connectivity index (χ4v) is 3.11. The molecule has 3 nitrogen and oxygen atoms in total. The second kappa shape index (κ2) is 7.15. The quantitative estimate of drug-likeness (QED) is 0.772. The number of carbonyl (C=O) groups excluding carboxylic acids is 1. The van der Waals surface area contributed by atoms with Crippen molar-refractivity contribution in [1.82, 2.24) is 10.3 Å². The highest BCUT2D eigenvalue weighted by atomic mass is 32.1. The van der Waals surface area contributed by atoms with Gasteiger partial charge in [-0.2, -0.15) is 0 Å². The summed E-state index contributed by atoms with van der Waals surface area (Å²) in [5.41, 5.74) is 2.00. The Bertz CT molecular complexity index is 784. The van der Waals surface area contributed by atoms with Gasteiger partial charge in [0.2, 0.25) is 0 Å². The highest BCUT2D eigenvalue weighted by molar-refractivity contribution is 7.17. The molecule has 116 valence electrons. The summed E-state index contributed by atoms with van der Waals surface area (Å²) in [5.74, 6) is -0.356. The Balaban J connectivity index is 1.59. The van der Waals surface area contributed by atoms with Gasteiger partial charge in [-0.15, -0.1) is 11.3 Å². The summed E-state index contributed by atoms with van der Waals surface area (Å²) in [4.78, 5) is 17.8. The summed E-state index contributed by atoms with van der Waals surface area (Å²) in [6.07, 6.45) is 4.27. The Labute approximate surface area is 137 Å². The SMILES string of the molecule is O=C(NCCc1cccnc1)c1ccc(-c2ccc(F)cc2)s1. The molecule has 0 spiro atoms. The second-order valence-corrected chi connectivity index (χ2v) is 6.12. The van der Waals surface area contributed by atoms with Crippen molar-refractivity contribution in [3.05, 3.63) is 77.2 Å². The van der Waals surface area contributed by atoms with Crippen molar-refractivity contribution in [3.8, 4) is 10.4 Å². The number of hydrogen-bond acceptors (Lipinski definition) is 3. The van der Waals surface area contributed by atoms with Gasteiger partial charge in [0.15, 0.2) is 0 Å². The lowest BCUT2D eigenvalue weighted by molar-refractivity contribution is 0.0958. The molecule has 0 aliphatic carbocycles. The molecule has 0 aliphatic heterocycles. The van der Waals surface area contributed by atoms with Crippen LogP contribution in [0.2, 0.25) is 0 Å². The number of rotatable bonds is 5. The van der Waals surface area contributed by atoms with Crippen LogP contribution in [0.15, 0.2) is 60.9 Å². The second-order valence-electron chi connectivity index (χ2n) is 5.04. The van der Waals surface area contributed by atoms with Gasteiger partial charge in [0.25, 0.3) is 5.91 Å². The van der Waals surface area contributed by atoms with Crippen LogP contribution in [0.4, 0.5) is 4.39 Å². The Morgan fingerprint density at radius 1 is 1.13 bits per heavy atom. The van der Waals surface area contributed by atoms with Gasteiger partial charge in [-0.3, -0.25) is 9.78 Å². The molecule has 1 aromatic carbocycles. The van der Waals surface area contributed by atoms with E-state index in [1.165, 1.54) is 23.5 Å². The lowest BCUT2D eigenvalue weighted by atomic mass is 10.2. The van der Waals surface area contributed by atoms with Crippen molar-refractivity contribution >= 4 is 17.2 Å². The van der Waals surface area contributed by atoms with Crippen LogP contribution in [0.25, 0.3) is 10.4 Å². The number of amides is 1. The summed E-state index contributed by atoms with van der Waals surface area (Å²) in [6.45, 7) is 0.564.